The van der Waals surface area contributed by atoms with Gasteiger partial charge in [-0.25, -0.2) is 0 Å². The van der Waals surface area contributed by atoms with Crippen LogP contribution in [0.3, 0.4) is 0 Å². The van der Waals surface area contributed by atoms with Gasteiger partial charge in [-0.15, -0.1) is 0 Å². The number of amides is 1. The van der Waals surface area contributed by atoms with Gasteiger partial charge in [-0.1, -0.05) is 29.8 Å². The van der Waals surface area contributed by atoms with Crippen molar-refractivity contribution in [2.45, 2.75) is 20.8 Å². The summed E-state index contributed by atoms with van der Waals surface area (Å²) in [6.07, 6.45) is 1.80. The smallest absolute Gasteiger partial charge is 0.280 e. The maximum atomic E-state index is 12.9. The standard InChI is InChI=1S/C21H21ClN2O3/c1-4-26-19-11-10-15(13-20(19)27-5-2)12-16-14(3)23-24(21(16)25)18-9-7-6-8-17(18)22/h6-13H,4-5H2,1-3H3/b16-12-. The van der Waals surface area contributed by atoms with Crippen LogP contribution in [-0.4, -0.2) is 24.8 Å². The van der Waals surface area contributed by atoms with E-state index in [0.29, 0.717) is 46.7 Å². The largest absolute Gasteiger partial charge is 0.490 e. The zero-order valence-electron chi connectivity index (χ0n) is 15.5. The Balaban J connectivity index is 1.94. The van der Waals surface area contributed by atoms with Gasteiger partial charge in [0.15, 0.2) is 11.5 Å². The molecule has 2 aromatic carbocycles. The lowest BCUT2D eigenvalue weighted by Gasteiger charge is -2.13. The third-order valence-electron chi connectivity index (χ3n) is 4.02. The molecule has 0 radical (unpaired) electrons. The molecule has 6 heteroatoms. The van der Waals surface area contributed by atoms with E-state index in [-0.39, 0.29) is 5.91 Å². The number of hydrogen-bond acceptors (Lipinski definition) is 4. The van der Waals surface area contributed by atoms with Gasteiger partial charge in [0, 0.05) is 0 Å². The van der Waals surface area contributed by atoms with E-state index in [1.165, 1.54) is 5.01 Å². The highest BCUT2D eigenvalue weighted by Gasteiger charge is 2.29. The van der Waals surface area contributed by atoms with Crippen molar-refractivity contribution in [1.82, 2.24) is 0 Å². The first-order chi connectivity index (χ1) is 13.0. The van der Waals surface area contributed by atoms with E-state index in [2.05, 4.69) is 5.10 Å². The zero-order valence-corrected chi connectivity index (χ0v) is 16.3. The van der Waals surface area contributed by atoms with Crippen LogP contribution in [0, 0.1) is 0 Å². The quantitative estimate of drug-likeness (QED) is 0.662. The van der Waals surface area contributed by atoms with Gasteiger partial charge in [0.2, 0.25) is 0 Å². The van der Waals surface area contributed by atoms with Crippen molar-refractivity contribution in [3.63, 3.8) is 0 Å². The second kappa shape index (κ2) is 8.27. The molecule has 1 aliphatic rings. The maximum Gasteiger partial charge on any atom is 0.280 e. The molecule has 0 saturated carbocycles. The van der Waals surface area contributed by atoms with Crippen molar-refractivity contribution >= 4 is 35.0 Å². The summed E-state index contributed by atoms with van der Waals surface area (Å²) in [4.78, 5) is 12.9. The molecule has 0 aliphatic carbocycles. The van der Waals surface area contributed by atoms with E-state index in [1.54, 1.807) is 25.1 Å². The van der Waals surface area contributed by atoms with Crippen molar-refractivity contribution in [3.05, 3.63) is 58.6 Å². The summed E-state index contributed by atoms with van der Waals surface area (Å²) in [6, 6.07) is 12.7. The number of benzene rings is 2. The number of anilines is 1. The third-order valence-corrected chi connectivity index (χ3v) is 4.34. The van der Waals surface area contributed by atoms with Crippen LogP contribution >= 0.6 is 11.6 Å². The van der Waals surface area contributed by atoms with Gasteiger partial charge >= 0.3 is 0 Å². The number of para-hydroxylation sites is 1. The topological polar surface area (TPSA) is 51.1 Å². The molecule has 0 atom stereocenters. The Kier molecular flexibility index (Phi) is 5.81. The molecule has 27 heavy (non-hydrogen) atoms. The summed E-state index contributed by atoms with van der Waals surface area (Å²) in [5.41, 5.74) is 2.54. The van der Waals surface area contributed by atoms with Crippen molar-refractivity contribution in [3.8, 4) is 11.5 Å². The minimum absolute atomic E-state index is 0.215. The summed E-state index contributed by atoms with van der Waals surface area (Å²) in [5, 5.41) is 6.19. The van der Waals surface area contributed by atoms with Gasteiger partial charge in [0.1, 0.15) is 0 Å². The van der Waals surface area contributed by atoms with Crippen molar-refractivity contribution < 1.29 is 14.3 Å². The van der Waals surface area contributed by atoms with Crippen LogP contribution in [0.5, 0.6) is 11.5 Å². The van der Waals surface area contributed by atoms with Crippen LogP contribution in [0.1, 0.15) is 26.3 Å². The van der Waals surface area contributed by atoms with Crippen LogP contribution in [0.4, 0.5) is 5.69 Å². The lowest BCUT2D eigenvalue weighted by molar-refractivity contribution is -0.114. The lowest BCUT2D eigenvalue weighted by Crippen LogP contribution is -2.21. The molecule has 1 amide bonds. The third kappa shape index (κ3) is 3.98. The number of nitrogens with zero attached hydrogens (tertiary/aromatic N) is 2. The summed E-state index contributed by atoms with van der Waals surface area (Å²) >= 11 is 6.21. The highest BCUT2D eigenvalue weighted by molar-refractivity contribution is 6.37. The van der Waals surface area contributed by atoms with Crippen LogP contribution in [0.2, 0.25) is 5.02 Å². The number of halogens is 1. The molecular formula is C21H21ClN2O3. The predicted octanol–water partition coefficient (Wildman–Crippen LogP) is 4.94. The molecular weight excluding hydrogens is 364 g/mol. The fourth-order valence-electron chi connectivity index (χ4n) is 2.80. The average Bonchev–Trinajstić information content (AvgIpc) is 2.93. The molecule has 0 bridgehead atoms. The Morgan fingerprint density at radius 1 is 1.07 bits per heavy atom. The molecule has 0 N–H and O–H groups in total. The molecule has 0 spiro atoms. The van der Waals surface area contributed by atoms with Crippen LogP contribution in [-0.2, 0) is 4.79 Å². The first kappa shape index (κ1) is 19.0. The normalized spacial score (nSPS) is 15.3. The molecule has 0 fully saturated rings. The van der Waals surface area contributed by atoms with Gasteiger partial charge in [0.05, 0.1) is 35.2 Å². The molecule has 2 aromatic rings. The summed E-state index contributed by atoms with van der Waals surface area (Å²) in [5.74, 6) is 1.12. The number of carbonyl (C=O) groups is 1. The lowest BCUT2D eigenvalue weighted by atomic mass is 10.1. The van der Waals surface area contributed by atoms with E-state index in [9.17, 15) is 4.79 Å². The Morgan fingerprint density at radius 2 is 1.78 bits per heavy atom. The van der Waals surface area contributed by atoms with Crippen molar-refractivity contribution in [2.24, 2.45) is 5.10 Å². The second-order valence-corrected chi connectivity index (χ2v) is 6.29. The Bertz CT molecular complexity index is 921. The van der Waals surface area contributed by atoms with E-state index >= 15 is 0 Å². The number of carbonyl (C=O) groups excluding carboxylic acids is 1. The SMILES string of the molecule is CCOc1ccc(/C=C2\C(=O)N(c3ccccc3Cl)N=C2C)cc1OCC. The van der Waals surface area contributed by atoms with Crippen LogP contribution in [0.25, 0.3) is 6.08 Å². The first-order valence-electron chi connectivity index (χ1n) is 8.81. The molecule has 1 heterocycles. The monoisotopic (exact) mass is 384 g/mol. The van der Waals surface area contributed by atoms with E-state index < -0.39 is 0 Å². The number of hydrogen-bond donors (Lipinski definition) is 0. The van der Waals surface area contributed by atoms with Crippen molar-refractivity contribution in [2.75, 3.05) is 18.2 Å². The number of hydrazone groups is 1. The minimum Gasteiger partial charge on any atom is -0.490 e. The molecule has 140 valence electrons. The zero-order chi connectivity index (χ0) is 19.4. The van der Waals surface area contributed by atoms with Crippen molar-refractivity contribution in [1.29, 1.82) is 0 Å². The molecule has 5 nitrogen and oxygen atoms in total. The summed E-state index contributed by atoms with van der Waals surface area (Å²) in [6.45, 7) is 6.72. The van der Waals surface area contributed by atoms with Gasteiger partial charge in [-0.2, -0.15) is 10.1 Å². The molecule has 1 aliphatic heterocycles. The van der Waals surface area contributed by atoms with Gasteiger partial charge in [-0.05, 0) is 56.7 Å². The number of ether oxygens (including phenoxy) is 2. The molecule has 0 saturated heterocycles. The van der Waals surface area contributed by atoms with Crippen LogP contribution < -0.4 is 14.5 Å². The average molecular weight is 385 g/mol. The van der Waals surface area contributed by atoms with E-state index in [0.717, 1.165) is 5.56 Å². The molecule has 3 rings (SSSR count). The minimum atomic E-state index is -0.215. The highest BCUT2D eigenvalue weighted by Crippen LogP contribution is 2.32. The second-order valence-electron chi connectivity index (χ2n) is 5.88. The Morgan fingerprint density at radius 3 is 2.48 bits per heavy atom. The van der Waals surface area contributed by atoms with E-state index in [1.807, 2.05) is 44.2 Å². The van der Waals surface area contributed by atoms with E-state index in [4.69, 9.17) is 21.1 Å². The Labute approximate surface area is 163 Å². The molecule has 0 unspecified atom stereocenters. The summed E-state index contributed by atoms with van der Waals surface area (Å²) < 4.78 is 11.2. The Hall–Kier alpha value is -2.79. The summed E-state index contributed by atoms with van der Waals surface area (Å²) in [7, 11) is 0. The van der Waals surface area contributed by atoms with Gasteiger partial charge < -0.3 is 9.47 Å². The first-order valence-corrected chi connectivity index (χ1v) is 9.18. The highest BCUT2D eigenvalue weighted by atomic mass is 35.5. The fraction of sp³-hybridized carbons (Fsp3) is 0.238. The molecule has 0 aromatic heterocycles. The maximum absolute atomic E-state index is 12.9. The number of rotatable bonds is 6. The van der Waals surface area contributed by atoms with Crippen LogP contribution in [0.15, 0.2) is 53.1 Å². The fourth-order valence-corrected chi connectivity index (χ4v) is 3.01. The van der Waals surface area contributed by atoms with Gasteiger partial charge in [0.25, 0.3) is 5.91 Å². The predicted molar refractivity (Wildman–Crippen MR) is 109 cm³/mol. The van der Waals surface area contributed by atoms with Gasteiger partial charge in [-0.3, -0.25) is 4.79 Å².